The number of phenolic OH excluding ortho intramolecular Hbond substituents is 1. The highest BCUT2D eigenvalue weighted by atomic mass is 19.1. The molecule has 1 aromatic carbocycles. The van der Waals surface area contributed by atoms with Crippen LogP contribution >= 0.6 is 0 Å². The minimum atomic E-state index is -0.521. The number of aromatic hydroxyl groups is 1. The van der Waals surface area contributed by atoms with Gasteiger partial charge in [-0.15, -0.1) is 0 Å². The van der Waals surface area contributed by atoms with Gasteiger partial charge >= 0.3 is 0 Å². The summed E-state index contributed by atoms with van der Waals surface area (Å²) in [5, 5.41) is 9.34. The van der Waals surface area contributed by atoms with Crippen LogP contribution in [-0.2, 0) is 0 Å². The molecule has 5 nitrogen and oxygen atoms in total. The van der Waals surface area contributed by atoms with Crippen LogP contribution in [0.15, 0.2) is 36.7 Å². The van der Waals surface area contributed by atoms with Gasteiger partial charge in [-0.1, -0.05) is 0 Å². The lowest BCUT2D eigenvalue weighted by molar-refractivity contribution is 0.103. The van der Waals surface area contributed by atoms with Crippen LogP contribution in [0.25, 0.3) is 5.78 Å². The van der Waals surface area contributed by atoms with Crippen molar-refractivity contribution in [1.82, 2.24) is 14.4 Å². The van der Waals surface area contributed by atoms with Gasteiger partial charge in [0.25, 0.3) is 0 Å². The second kappa shape index (κ2) is 4.62. The van der Waals surface area contributed by atoms with E-state index in [1.54, 1.807) is 12.1 Å². The van der Waals surface area contributed by atoms with Crippen molar-refractivity contribution in [2.24, 2.45) is 0 Å². The third-order valence-corrected chi connectivity index (χ3v) is 3.78. The Morgan fingerprint density at radius 2 is 2.00 bits per heavy atom. The number of carbonyl (C=O) groups is 1. The maximum Gasteiger partial charge on any atom is 0.234 e. The topological polar surface area (TPSA) is 67.5 Å². The Bertz CT molecular complexity index is 882. The quantitative estimate of drug-likeness (QED) is 0.755. The van der Waals surface area contributed by atoms with Crippen LogP contribution in [0.3, 0.4) is 0 Å². The molecule has 3 aromatic rings. The van der Waals surface area contributed by atoms with E-state index in [0.717, 1.165) is 19.0 Å². The zero-order valence-electron chi connectivity index (χ0n) is 11.5. The van der Waals surface area contributed by atoms with Gasteiger partial charge in [0, 0.05) is 11.5 Å². The number of aromatic nitrogens is 3. The van der Waals surface area contributed by atoms with Crippen molar-refractivity contribution < 1.29 is 14.3 Å². The molecule has 0 amide bonds. The molecule has 2 aromatic heterocycles. The SMILES string of the molecule is O=C(c1ccc(O)cc1)c1c(C2CC2)nc2ncc(F)cn12. The largest absolute Gasteiger partial charge is 0.508 e. The fourth-order valence-corrected chi connectivity index (χ4v) is 2.54. The number of hydrogen-bond donors (Lipinski definition) is 1. The monoisotopic (exact) mass is 297 g/mol. The van der Waals surface area contributed by atoms with E-state index in [1.807, 2.05) is 0 Å². The van der Waals surface area contributed by atoms with Crippen molar-refractivity contribution in [3.05, 3.63) is 59.4 Å². The Hall–Kier alpha value is -2.76. The average molecular weight is 297 g/mol. The molecule has 1 N–H and O–H groups in total. The molecule has 0 spiro atoms. The number of halogens is 1. The van der Waals surface area contributed by atoms with Crippen molar-refractivity contribution >= 4 is 11.6 Å². The summed E-state index contributed by atoms with van der Waals surface area (Å²) in [7, 11) is 0. The predicted molar refractivity (Wildman–Crippen MR) is 76.5 cm³/mol. The number of nitrogens with zero attached hydrogens (tertiary/aromatic N) is 3. The first-order valence-corrected chi connectivity index (χ1v) is 7.01. The van der Waals surface area contributed by atoms with Crippen LogP contribution < -0.4 is 0 Å². The van der Waals surface area contributed by atoms with Crippen LogP contribution in [0, 0.1) is 5.82 Å². The second-order valence-corrected chi connectivity index (χ2v) is 5.44. The maximum atomic E-state index is 13.5. The lowest BCUT2D eigenvalue weighted by Crippen LogP contribution is -2.08. The third-order valence-electron chi connectivity index (χ3n) is 3.78. The lowest BCUT2D eigenvalue weighted by Gasteiger charge is -2.04. The van der Waals surface area contributed by atoms with Gasteiger partial charge in [-0.05, 0) is 37.1 Å². The zero-order valence-corrected chi connectivity index (χ0v) is 11.5. The van der Waals surface area contributed by atoms with E-state index >= 15 is 0 Å². The minimum Gasteiger partial charge on any atom is -0.508 e. The molecule has 0 aliphatic heterocycles. The number of carbonyl (C=O) groups excluding carboxylic acids is 1. The summed E-state index contributed by atoms with van der Waals surface area (Å²) in [5.74, 6) is -0.120. The fraction of sp³-hybridized carbons (Fsp3) is 0.188. The van der Waals surface area contributed by atoms with Crippen LogP contribution in [0.2, 0.25) is 0 Å². The number of fused-ring (bicyclic) bond motifs is 1. The van der Waals surface area contributed by atoms with Crippen LogP contribution in [-0.4, -0.2) is 25.3 Å². The van der Waals surface area contributed by atoms with Gasteiger partial charge in [0.05, 0.1) is 18.1 Å². The Balaban J connectivity index is 1.91. The predicted octanol–water partition coefficient (Wildman–Crippen LogP) is 2.68. The summed E-state index contributed by atoms with van der Waals surface area (Å²) in [4.78, 5) is 21.1. The highest BCUT2D eigenvalue weighted by Gasteiger charge is 2.33. The first-order valence-electron chi connectivity index (χ1n) is 7.01. The molecular formula is C16H12FN3O2. The van der Waals surface area contributed by atoms with Crippen molar-refractivity contribution in [2.45, 2.75) is 18.8 Å². The summed E-state index contributed by atoms with van der Waals surface area (Å²) in [6.45, 7) is 0. The molecule has 6 heteroatoms. The van der Waals surface area contributed by atoms with Crippen LogP contribution in [0.5, 0.6) is 5.75 Å². The maximum absolute atomic E-state index is 13.5. The number of rotatable bonds is 3. The molecule has 0 unspecified atom stereocenters. The van der Waals surface area contributed by atoms with Gasteiger partial charge in [0.2, 0.25) is 11.6 Å². The van der Waals surface area contributed by atoms with E-state index in [2.05, 4.69) is 9.97 Å². The van der Waals surface area contributed by atoms with Crippen LogP contribution in [0.1, 0.15) is 40.5 Å². The Labute approximate surface area is 125 Å². The van der Waals surface area contributed by atoms with Gasteiger partial charge in [0.1, 0.15) is 11.4 Å². The van der Waals surface area contributed by atoms with Crippen molar-refractivity contribution in [3.63, 3.8) is 0 Å². The molecule has 1 aliphatic carbocycles. The molecule has 4 rings (SSSR count). The van der Waals surface area contributed by atoms with Crippen molar-refractivity contribution in [1.29, 1.82) is 0 Å². The first kappa shape index (κ1) is 12.9. The molecule has 110 valence electrons. The summed E-state index contributed by atoms with van der Waals surface area (Å²) < 4.78 is 14.9. The molecule has 2 heterocycles. The molecule has 0 atom stereocenters. The normalized spacial score (nSPS) is 14.4. The number of imidazole rings is 1. The molecule has 0 saturated heterocycles. The summed E-state index contributed by atoms with van der Waals surface area (Å²) >= 11 is 0. The molecule has 1 fully saturated rings. The smallest absolute Gasteiger partial charge is 0.234 e. The molecular weight excluding hydrogens is 285 g/mol. The average Bonchev–Trinajstić information content (AvgIpc) is 3.28. The lowest BCUT2D eigenvalue weighted by atomic mass is 10.1. The highest BCUT2D eigenvalue weighted by Crippen LogP contribution is 2.41. The number of ketones is 1. The van der Waals surface area contributed by atoms with Gasteiger partial charge < -0.3 is 5.11 Å². The minimum absolute atomic E-state index is 0.0878. The molecule has 22 heavy (non-hydrogen) atoms. The van der Waals surface area contributed by atoms with E-state index in [9.17, 15) is 14.3 Å². The summed E-state index contributed by atoms with van der Waals surface area (Å²) in [5.41, 5.74) is 1.46. The zero-order chi connectivity index (χ0) is 15.3. The second-order valence-electron chi connectivity index (χ2n) is 5.44. The first-order chi connectivity index (χ1) is 10.6. The Morgan fingerprint density at radius 3 is 2.68 bits per heavy atom. The summed E-state index contributed by atoms with van der Waals surface area (Å²) in [6.07, 6.45) is 4.27. The molecule has 1 aliphatic rings. The number of hydrogen-bond acceptors (Lipinski definition) is 4. The van der Waals surface area contributed by atoms with E-state index in [0.29, 0.717) is 22.7 Å². The van der Waals surface area contributed by atoms with Crippen molar-refractivity contribution in [2.75, 3.05) is 0 Å². The Morgan fingerprint density at radius 1 is 1.27 bits per heavy atom. The fourth-order valence-electron chi connectivity index (χ4n) is 2.54. The Kier molecular flexibility index (Phi) is 2.72. The molecule has 1 saturated carbocycles. The number of benzene rings is 1. The van der Waals surface area contributed by atoms with Gasteiger partial charge in [-0.2, -0.15) is 0 Å². The van der Waals surface area contributed by atoms with E-state index in [-0.39, 0.29) is 17.5 Å². The van der Waals surface area contributed by atoms with Gasteiger partial charge in [0.15, 0.2) is 5.82 Å². The van der Waals surface area contributed by atoms with Crippen molar-refractivity contribution in [3.8, 4) is 5.75 Å². The van der Waals surface area contributed by atoms with E-state index < -0.39 is 5.82 Å². The standard InChI is InChI=1S/C16H12FN3O2/c17-11-7-18-16-19-13(9-1-2-9)14(20(16)8-11)15(22)10-3-5-12(21)6-4-10/h3-9,21H,1-2H2. The van der Waals surface area contributed by atoms with Crippen LogP contribution in [0.4, 0.5) is 4.39 Å². The van der Waals surface area contributed by atoms with Gasteiger partial charge in [-0.25, -0.2) is 14.4 Å². The van der Waals surface area contributed by atoms with E-state index in [1.165, 1.54) is 22.7 Å². The molecule has 0 radical (unpaired) electrons. The summed E-state index contributed by atoms with van der Waals surface area (Å²) in [6, 6.07) is 5.99. The van der Waals surface area contributed by atoms with E-state index in [4.69, 9.17) is 0 Å². The third kappa shape index (κ3) is 2.04. The number of phenols is 1. The van der Waals surface area contributed by atoms with Gasteiger partial charge in [-0.3, -0.25) is 9.20 Å². The molecule has 0 bridgehead atoms. The highest BCUT2D eigenvalue weighted by molar-refractivity contribution is 6.09.